The van der Waals surface area contributed by atoms with Gasteiger partial charge in [-0.15, -0.1) is 0 Å². The molecule has 0 amide bonds. The average Bonchev–Trinajstić information content (AvgIpc) is 2.86. The number of aliphatic hydroxyl groups is 1. The van der Waals surface area contributed by atoms with E-state index in [0.717, 1.165) is 41.7 Å². The smallest absolute Gasteiger partial charge is 0.172 e. The van der Waals surface area contributed by atoms with Crippen molar-refractivity contribution in [1.29, 1.82) is 0 Å². The Balaban J connectivity index is 2.25. The summed E-state index contributed by atoms with van der Waals surface area (Å²) < 4.78 is 0.893. The molecular formula is C13H18BrN3O2. The summed E-state index contributed by atoms with van der Waals surface area (Å²) in [6.45, 7) is 2.05. The van der Waals surface area contributed by atoms with Crippen LogP contribution in [0.1, 0.15) is 18.4 Å². The first kappa shape index (κ1) is 14.1. The zero-order chi connectivity index (χ0) is 13.8. The highest BCUT2D eigenvalue weighted by atomic mass is 79.9. The molecule has 1 saturated heterocycles. The van der Waals surface area contributed by atoms with E-state index in [2.05, 4.69) is 26.0 Å². The van der Waals surface area contributed by atoms with Crippen molar-refractivity contribution in [2.24, 2.45) is 16.8 Å². The zero-order valence-corrected chi connectivity index (χ0v) is 12.2. The SMILES string of the molecule is N/C(=N/O)c1cc(Br)ccc1N1CCC(CCO)C1. The van der Waals surface area contributed by atoms with Crippen LogP contribution in [0.15, 0.2) is 27.8 Å². The standard InChI is InChI=1S/C13H18BrN3O2/c14-10-1-2-12(11(7-10)13(15)16-19)17-5-3-9(8-17)4-6-18/h1-2,7,9,18-19H,3-6,8H2,(H2,15,16). The van der Waals surface area contributed by atoms with Crippen molar-refractivity contribution < 1.29 is 10.3 Å². The molecule has 1 heterocycles. The first-order chi connectivity index (χ1) is 9.15. The minimum Gasteiger partial charge on any atom is -0.409 e. The number of halogens is 1. The molecule has 5 nitrogen and oxygen atoms in total. The quantitative estimate of drug-likeness (QED) is 0.340. The first-order valence-corrected chi connectivity index (χ1v) is 7.08. The molecule has 0 bridgehead atoms. The largest absolute Gasteiger partial charge is 0.409 e. The number of hydrogen-bond donors (Lipinski definition) is 3. The van der Waals surface area contributed by atoms with Crippen molar-refractivity contribution in [2.45, 2.75) is 12.8 Å². The second kappa shape index (κ2) is 6.25. The third-order valence-electron chi connectivity index (χ3n) is 3.51. The van der Waals surface area contributed by atoms with Gasteiger partial charge >= 0.3 is 0 Å². The molecular weight excluding hydrogens is 310 g/mol. The Hall–Kier alpha value is -1.27. The fourth-order valence-electron chi connectivity index (χ4n) is 2.51. The van der Waals surface area contributed by atoms with Gasteiger partial charge in [-0.05, 0) is 37.0 Å². The maximum absolute atomic E-state index is 9.00. The first-order valence-electron chi connectivity index (χ1n) is 6.29. The van der Waals surface area contributed by atoms with E-state index in [1.807, 2.05) is 18.2 Å². The van der Waals surface area contributed by atoms with Gasteiger partial charge in [0.25, 0.3) is 0 Å². The second-order valence-electron chi connectivity index (χ2n) is 4.76. The molecule has 19 heavy (non-hydrogen) atoms. The van der Waals surface area contributed by atoms with Crippen LogP contribution in [0.4, 0.5) is 5.69 Å². The minimum atomic E-state index is 0.113. The Kier molecular flexibility index (Phi) is 4.66. The number of nitrogens with zero attached hydrogens (tertiary/aromatic N) is 2. The number of hydrogen-bond acceptors (Lipinski definition) is 4. The lowest BCUT2D eigenvalue weighted by Gasteiger charge is -2.22. The number of aliphatic hydroxyl groups excluding tert-OH is 1. The number of rotatable bonds is 4. The third-order valence-corrected chi connectivity index (χ3v) is 4.00. The van der Waals surface area contributed by atoms with Crippen molar-refractivity contribution in [2.75, 3.05) is 24.6 Å². The van der Waals surface area contributed by atoms with E-state index in [9.17, 15) is 0 Å². The minimum absolute atomic E-state index is 0.113. The van der Waals surface area contributed by atoms with E-state index in [1.54, 1.807) is 0 Å². The molecule has 0 spiro atoms. The fourth-order valence-corrected chi connectivity index (χ4v) is 2.87. The maximum atomic E-state index is 9.00. The van der Waals surface area contributed by atoms with Crippen molar-refractivity contribution in [1.82, 2.24) is 0 Å². The summed E-state index contributed by atoms with van der Waals surface area (Å²) in [4.78, 5) is 2.22. The van der Waals surface area contributed by atoms with Crippen molar-refractivity contribution in [3.63, 3.8) is 0 Å². The molecule has 1 aromatic rings. The molecule has 1 aliphatic rings. The Labute approximate surface area is 120 Å². The highest BCUT2D eigenvalue weighted by Crippen LogP contribution is 2.30. The van der Waals surface area contributed by atoms with Crippen LogP contribution in [0.5, 0.6) is 0 Å². The van der Waals surface area contributed by atoms with Crippen molar-refractivity contribution in [3.05, 3.63) is 28.2 Å². The summed E-state index contributed by atoms with van der Waals surface area (Å²) in [5, 5.41) is 21.0. The van der Waals surface area contributed by atoms with Gasteiger partial charge in [-0.1, -0.05) is 21.1 Å². The molecule has 1 fully saturated rings. The van der Waals surface area contributed by atoms with Gasteiger partial charge in [0.2, 0.25) is 0 Å². The lowest BCUT2D eigenvalue weighted by atomic mass is 10.1. The molecule has 1 atom stereocenters. The molecule has 0 saturated carbocycles. The Morgan fingerprint density at radius 2 is 2.32 bits per heavy atom. The van der Waals surface area contributed by atoms with Gasteiger partial charge in [-0.25, -0.2) is 0 Å². The van der Waals surface area contributed by atoms with Crippen LogP contribution in [0.3, 0.4) is 0 Å². The maximum Gasteiger partial charge on any atom is 0.172 e. The van der Waals surface area contributed by atoms with Gasteiger partial charge in [-0.3, -0.25) is 0 Å². The predicted octanol–water partition coefficient (Wildman–Crippen LogP) is 1.75. The molecule has 2 rings (SSSR count). The van der Waals surface area contributed by atoms with Gasteiger partial charge in [0.05, 0.1) is 0 Å². The molecule has 104 valence electrons. The molecule has 1 unspecified atom stereocenters. The summed E-state index contributed by atoms with van der Waals surface area (Å²) >= 11 is 3.40. The van der Waals surface area contributed by atoms with Crippen LogP contribution in [0, 0.1) is 5.92 Å². The third kappa shape index (κ3) is 3.19. The van der Waals surface area contributed by atoms with Gasteiger partial charge in [0.1, 0.15) is 0 Å². The molecule has 0 aliphatic carbocycles. The number of oxime groups is 1. The van der Waals surface area contributed by atoms with Crippen LogP contribution in [-0.4, -0.2) is 35.8 Å². The zero-order valence-electron chi connectivity index (χ0n) is 10.6. The Bertz CT molecular complexity index is 479. The van der Waals surface area contributed by atoms with E-state index in [1.165, 1.54) is 0 Å². The summed E-state index contributed by atoms with van der Waals surface area (Å²) in [6.07, 6.45) is 1.89. The summed E-state index contributed by atoms with van der Waals surface area (Å²) in [7, 11) is 0. The van der Waals surface area contributed by atoms with E-state index in [0.29, 0.717) is 5.92 Å². The average molecular weight is 328 g/mol. The van der Waals surface area contributed by atoms with Gasteiger partial charge < -0.3 is 20.9 Å². The number of nitrogens with two attached hydrogens (primary N) is 1. The molecule has 0 radical (unpaired) electrons. The molecule has 0 aromatic heterocycles. The number of amidine groups is 1. The monoisotopic (exact) mass is 327 g/mol. The van der Waals surface area contributed by atoms with E-state index in [-0.39, 0.29) is 12.4 Å². The number of anilines is 1. The van der Waals surface area contributed by atoms with Gasteiger partial charge in [0, 0.05) is 35.4 Å². The fraction of sp³-hybridized carbons (Fsp3) is 0.462. The predicted molar refractivity (Wildman–Crippen MR) is 78.7 cm³/mol. The van der Waals surface area contributed by atoms with Gasteiger partial charge in [-0.2, -0.15) is 0 Å². The highest BCUT2D eigenvalue weighted by molar-refractivity contribution is 9.10. The lowest BCUT2D eigenvalue weighted by molar-refractivity contribution is 0.263. The summed E-state index contributed by atoms with van der Waals surface area (Å²) in [5.74, 6) is 0.621. The van der Waals surface area contributed by atoms with E-state index < -0.39 is 0 Å². The Morgan fingerprint density at radius 3 is 3.00 bits per heavy atom. The second-order valence-corrected chi connectivity index (χ2v) is 5.68. The normalized spacial score (nSPS) is 20.0. The van der Waals surface area contributed by atoms with Crippen molar-refractivity contribution >= 4 is 27.5 Å². The summed E-state index contributed by atoms with van der Waals surface area (Å²) in [5.41, 5.74) is 7.43. The highest BCUT2D eigenvalue weighted by Gasteiger charge is 2.24. The van der Waals surface area contributed by atoms with Crippen LogP contribution in [-0.2, 0) is 0 Å². The van der Waals surface area contributed by atoms with Crippen LogP contribution < -0.4 is 10.6 Å². The van der Waals surface area contributed by atoms with Crippen LogP contribution in [0.25, 0.3) is 0 Å². The molecule has 1 aliphatic heterocycles. The van der Waals surface area contributed by atoms with Crippen LogP contribution >= 0.6 is 15.9 Å². The molecule has 6 heteroatoms. The number of benzene rings is 1. The van der Waals surface area contributed by atoms with E-state index in [4.69, 9.17) is 16.0 Å². The van der Waals surface area contributed by atoms with Gasteiger partial charge in [0.15, 0.2) is 5.84 Å². The van der Waals surface area contributed by atoms with E-state index >= 15 is 0 Å². The lowest BCUT2D eigenvalue weighted by Crippen LogP contribution is -2.24. The Morgan fingerprint density at radius 1 is 1.53 bits per heavy atom. The topological polar surface area (TPSA) is 82.1 Å². The van der Waals surface area contributed by atoms with Crippen LogP contribution in [0.2, 0.25) is 0 Å². The molecule has 4 N–H and O–H groups in total. The molecule has 1 aromatic carbocycles. The van der Waals surface area contributed by atoms with Crippen molar-refractivity contribution in [3.8, 4) is 0 Å². The summed E-state index contributed by atoms with van der Waals surface area (Å²) in [6, 6.07) is 5.77.